The maximum absolute atomic E-state index is 13.0. The van der Waals surface area contributed by atoms with Crippen molar-refractivity contribution in [1.29, 1.82) is 0 Å². The Balaban J connectivity index is 2.14. The lowest BCUT2D eigenvalue weighted by Crippen LogP contribution is -2.41. The van der Waals surface area contributed by atoms with Crippen molar-refractivity contribution < 1.29 is 32.2 Å². The van der Waals surface area contributed by atoms with Crippen LogP contribution in [-0.4, -0.2) is 36.8 Å². The number of alkyl halides is 3. The molecule has 0 aliphatic carbocycles. The van der Waals surface area contributed by atoms with E-state index >= 15 is 0 Å². The topological polar surface area (TPSA) is 55.8 Å². The smallest absolute Gasteiger partial charge is 0.422 e. The molecule has 0 spiro atoms. The van der Waals surface area contributed by atoms with Gasteiger partial charge in [-0.1, -0.05) is 26.0 Å². The molecule has 0 unspecified atom stereocenters. The maximum Gasteiger partial charge on any atom is 0.422 e. The molecule has 8 heteroatoms. The Labute approximate surface area is 216 Å². The SMILES string of the molecule is CCN1C(=O)CC(C)(C)c2cc(C)c(-c3cc(C=CC(=O)OC(C)(C)C)ccc3OCC(F)(F)F)cc21. The van der Waals surface area contributed by atoms with E-state index in [0.29, 0.717) is 29.7 Å². The van der Waals surface area contributed by atoms with Crippen LogP contribution in [0.2, 0.25) is 0 Å². The van der Waals surface area contributed by atoms with Crippen molar-refractivity contribution in [2.45, 2.75) is 72.1 Å². The van der Waals surface area contributed by atoms with E-state index < -0.39 is 24.4 Å². The van der Waals surface area contributed by atoms with Crippen LogP contribution >= 0.6 is 0 Å². The standard InChI is InChI=1S/C29H34F3NO4/c1-8-33-23-15-20(18(2)13-22(23)28(6,7)16-25(33)34)21-14-19(10-12-26(35)37-27(3,4)5)9-11-24(21)36-17-29(30,31)32/h9-15H,8,16-17H2,1-7H3. The van der Waals surface area contributed by atoms with Gasteiger partial charge in [-0.3, -0.25) is 4.79 Å². The summed E-state index contributed by atoms with van der Waals surface area (Å²) in [5.41, 5.74) is 3.21. The number of halogens is 3. The largest absolute Gasteiger partial charge is 0.483 e. The van der Waals surface area contributed by atoms with Gasteiger partial charge in [0, 0.05) is 35.7 Å². The fraction of sp³-hybridized carbons (Fsp3) is 0.448. The number of fused-ring (bicyclic) bond motifs is 1. The summed E-state index contributed by atoms with van der Waals surface area (Å²) >= 11 is 0. The van der Waals surface area contributed by atoms with E-state index in [4.69, 9.17) is 9.47 Å². The molecule has 0 atom stereocenters. The summed E-state index contributed by atoms with van der Waals surface area (Å²) in [4.78, 5) is 26.7. The number of carbonyl (C=O) groups is 2. The molecule has 1 aliphatic rings. The van der Waals surface area contributed by atoms with E-state index in [1.165, 1.54) is 12.1 Å². The zero-order valence-corrected chi connectivity index (χ0v) is 22.4. The molecule has 0 aromatic heterocycles. The molecular formula is C29H34F3NO4. The van der Waals surface area contributed by atoms with E-state index in [2.05, 4.69) is 0 Å². The van der Waals surface area contributed by atoms with Gasteiger partial charge < -0.3 is 14.4 Å². The number of aryl methyl sites for hydroxylation is 1. The van der Waals surface area contributed by atoms with E-state index in [1.54, 1.807) is 43.9 Å². The van der Waals surface area contributed by atoms with E-state index in [0.717, 1.165) is 16.8 Å². The second kappa shape index (κ2) is 10.2. The first kappa shape index (κ1) is 28.3. The normalized spacial score (nSPS) is 15.6. The fourth-order valence-electron chi connectivity index (χ4n) is 4.45. The van der Waals surface area contributed by atoms with Crippen LogP contribution in [0.4, 0.5) is 18.9 Å². The van der Waals surface area contributed by atoms with Crippen LogP contribution in [0.3, 0.4) is 0 Å². The number of nitrogens with zero attached hydrogens (tertiary/aromatic N) is 1. The van der Waals surface area contributed by atoms with Crippen molar-refractivity contribution in [2.24, 2.45) is 0 Å². The molecule has 0 radical (unpaired) electrons. The number of amides is 1. The first-order valence-electron chi connectivity index (χ1n) is 12.2. The number of benzene rings is 2. The first-order valence-corrected chi connectivity index (χ1v) is 12.2. The van der Waals surface area contributed by atoms with Crippen LogP contribution in [0.5, 0.6) is 5.75 Å². The predicted octanol–water partition coefficient (Wildman–Crippen LogP) is 6.99. The Morgan fingerprint density at radius 2 is 1.78 bits per heavy atom. The number of hydrogen-bond acceptors (Lipinski definition) is 4. The highest BCUT2D eigenvalue weighted by atomic mass is 19.4. The van der Waals surface area contributed by atoms with Gasteiger partial charge in [0.15, 0.2) is 6.61 Å². The molecule has 1 heterocycles. The van der Waals surface area contributed by atoms with Crippen molar-refractivity contribution >= 4 is 23.6 Å². The molecule has 1 amide bonds. The molecule has 5 nitrogen and oxygen atoms in total. The monoisotopic (exact) mass is 517 g/mol. The molecule has 3 rings (SSSR count). The van der Waals surface area contributed by atoms with Gasteiger partial charge in [-0.25, -0.2) is 4.79 Å². The van der Waals surface area contributed by atoms with Crippen molar-refractivity contribution in [3.8, 4) is 16.9 Å². The quantitative estimate of drug-likeness (QED) is 0.306. The zero-order chi connectivity index (χ0) is 27.8. The van der Waals surface area contributed by atoms with Gasteiger partial charge in [-0.15, -0.1) is 0 Å². The lowest BCUT2D eigenvalue weighted by Gasteiger charge is -2.39. The van der Waals surface area contributed by atoms with Gasteiger partial charge in [0.2, 0.25) is 5.91 Å². The number of esters is 1. The van der Waals surface area contributed by atoms with Crippen LogP contribution in [-0.2, 0) is 19.7 Å². The minimum atomic E-state index is -4.51. The number of hydrogen-bond donors (Lipinski definition) is 0. The predicted molar refractivity (Wildman–Crippen MR) is 139 cm³/mol. The van der Waals surface area contributed by atoms with Crippen molar-refractivity contribution in [3.63, 3.8) is 0 Å². The molecule has 1 aliphatic heterocycles. The average Bonchev–Trinajstić information content (AvgIpc) is 2.75. The molecule has 2 aromatic rings. The lowest BCUT2D eigenvalue weighted by molar-refractivity contribution is -0.153. The fourth-order valence-corrected chi connectivity index (χ4v) is 4.45. The molecule has 0 fully saturated rings. The van der Waals surface area contributed by atoms with Crippen LogP contribution in [0.1, 0.15) is 64.7 Å². The molecule has 0 saturated heterocycles. The number of rotatable bonds is 6. The second-order valence-electron chi connectivity index (χ2n) is 10.9. The summed E-state index contributed by atoms with van der Waals surface area (Å²) in [6, 6.07) is 8.56. The molecule has 0 bridgehead atoms. The van der Waals surface area contributed by atoms with Crippen LogP contribution < -0.4 is 9.64 Å². The highest BCUT2D eigenvalue weighted by Gasteiger charge is 2.37. The Morgan fingerprint density at radius 3 is 2.38 bits per heavy atom. The van der Waals surface area contributed by atoms with Crippen LogP contribution in [0.25, 0.3) is 17.2 Å². The first-order chi connectivity index (χ1) is 17.0. The summed E-state index contributed by atoms with van der Waals surface area (Å²) < 4.78 is 49.5. The van der Waals surface area contributed by atoms with Crippen molar-refractivity contribution in [2.75, 3.05) is 18.1 Å². The van der Waals surface area contributed by atoms with Gasteiger partial charge in [-0.2, -0.15) is 13.2 Å². The molecule has 0 saturated carbocycles. The average molecular weight is 518 g/mol. The molecular weight excluding hydrogens is 483 g/mol. The van der Waals surface area contributed by atoms with Crippen molar-refractivity contribution in [1.82, 2.24) is 0 Å². The third-order valence-corrected chi connectivity index (χ3v) is 6.08. The van der Waals surface area contributed by atoms with Crippen molar-refractivity contribution in [3.05, 3.63) is 53.1 Å². The lowest BCUT2D eigenvalue weighted by atomic mass is 9.75. The summed E-state index contributed by atoms with van der Waals surface area (Å²) in [6.45, 7) is 12.1. The van der Waals surface area contributed by atoms with Crippen LogP contribution in [0.15, 0.2) is 36.4 Å². The maximum atomic E-state index is 13.0. The minimum Gasteiger partial charge on any atom is -0.483 e. The third kappa shape index (κ3) is 6.93. The Kier molecular flexibility index (Phi) is 7.82. The van der Waals surface area contributed by atoms with Gasteiger partial charge in [0.25, 0.3) is 0 Å². The number of carbonyl (C=O) groups excluding carboxylic acids is 2. The van der Waals surface area contributed by atoms with E-state index in [-0.39, 0.29) is 17.1 Å². The van der Waals surface area contributed by atoms with E-state index in [1.807, 2.05) is 39.8 Å². The number of anilines is 1. The van der Waals surface area contributed by atoms with Gasteiger partial charge >= 0.3 is 12.1 Å². The highest BCUT2D eigenvalue weighted by Crippen LogP contribution is 2.45. The van der Waals surface area contributed by atoms with Gasteiger partial charge in [-0.05, 0) is 81.1 Å². The second-order valence-corrected chi connectivity index (χ2v) is 10.9. The number of ether oxygens (including phenoxy) is 2. The highest BCUT2D eigenvalue weighted by molar-refractivity contribution is 5.99. The summed E-state index contributed by atoms with van der Waals surface area (Å²) in [6.07, 6.45) is -1.31. The molecule has 0 N–H and O–H groups in total. The molecule has 2 aromatic carbocycles. The van der Waals surface area contributed by atoms with Crippen LogP contribution in [0, 0.1) is 6.92 Å². The van der Waals surface area contributed by atoms with Gasteiger partial charge in [0.1, 0.15) is 11.4 Å². The molecule has 37 heavy (non-hydrogen) atoms. The van der Waals surface area contributed by atoms with E-state index in [9.17, 15) is 22.8 Å². The Bertz CT molecular complexity index is 1220. The minimum absolute atomic E-state index is 0.00241. The Morgan fingerprint density at radius 1 is 1.11 bits per heavy atom. The Hall–Kier alpha value is -3.29. The zero-order valence-electron chi connectivity index (χ0n) is 22.4. The third-order valence-electron chi connectivity index (χ3n) is 6.08. The van der Waals surface area contributed by atoms with Gasteiger partial charge in [0.05, 0.1) is 0 Å². The summed E-state index contributed by atoms with van der Waals surface area (Å²) in [7, 11) is 0. The molecule has 200 valence electrons. The summed E-state index contributed by atoms with van der Waals surface area (Å²) in [5, 5.41) is 0. The summed E-state index contributed by atoms with van der Waals surface area (Å²) in [5.74, 6) is -0.479.